The van der Waals surface area contributed by atoms with Crippen molar-refractivity contribution in [3.05, 3.63) is 35.2 Å². The topological polar surface area (TPSA) is 24.9 Å². The van der Waals surface area contributed by atoms with E-state index in [0.717, 1.165) is 18.9 Å². The van der Waals surface area contributed by atoms with Crippen LogP contribution in [0, 0.1) is 5.92 Å². The number of fused-ring (bicyclic) bond motifs is 1. The van der Waals surface area contributed by atoms with E-state index in [4.69, 9.17) is 0 Å². The Kier molecular flexibility index (Phi) is 2.29. The third-order valence-corrected chi connectivity index (χ3v) is 3.50. The minimum atomic E-state index is 0.756. The summed E-state index contributed by atoms with van der Waals surface area (Å²) in [6.07, 6.45) is 10.0. The standard InChI is InChI=1S/C13H16N2/c1-2-11(8-14-4-1)12-6-10-3-5-15-9-13(10)7-12/h3,5,7,9,11,14H,1-2,4,6,8H2. The summed E-state index contributed by atoms with van der Waals surface area (Å²) < 4.78 is 0. The van der Waals surface area contributed by atoms with Crippen molar-refractivity contribution in [2.45, 2.75) is 19.3 Å². The third-order valence-electron chi connectivity index (χ3n) is 3.50. The number of hydrogen-bond acceptors (Lipinski definition) is 2. The summed E-state index contributed by atoms with van der Waals surface area (Å²) in [5, 5.41) is 3.48. The maximum absolute atomic E-state index is 4.18. The summed E-state index contributed by atoms with van der Waals surface area (Å²) >= 11 is 0. The second kappa shape index (κ2) is 3.78. The predicted molar refractivity (Wildman–Crippen MR) is 61.5 cm³/mol. The summed E-state index contributed by atoms with van der Waals surface area (Å²) in [4.78, 5) is 4.18. The van der Waals surface area contributed by atoms with Crippen LogP contribution in [0.4, 0.5) is 0 Å². The van der Waals surface area contributed by atoms with Crippen molar-refractivity contribution < 1.29 is 0 Å². The Morgan fingerprint density at radius 1 is 1.40 bits per heavy atom. The monoisotopic (exact) mass is 200 g/mol. The first kappa shape index (κ1) is 9.10. The minimum Gasteiger partial charge on any atom is -0.316 e. The van der Waals surface area contributed by atoms with E-state index in [1.54, 1.807) is 5.57 Å². The van der Waals surface area contributed by atoms with Crippen molar-refractivity contribution >= 4 is 6.08 Å². The molecule has 0 amide bonds. The molecule has 1 atom stereocenters. The van der Waals surface area contributed by atoms with Crippen molar-refractivity contribution in [3.63, 3.8) is 0 Å². The Morgan fingerprint density at radius 2 is 2.40 bits per heavy atom. The van der Waals surface area contributed by atoms with Gasteiger partial charge in [-0.1, -0.05) is 11.6 Å². The fourth-order valence-electron chi connectivity index (χ4n) is 2.63. The van der Waals surface area contributed by atoms with E-state index in [-0.39, 0.29) is 0 Å². The van der Waals surface area contributed by atoms with Gasteiger partial charge in [-0.05, 0) is 48.9 Å². The zero-order chi connectivity index (χ0) is 10.1. The lowest BCUT2D eigenvalue weighted by atomic mass is 9.90. The van der Waals surface area contributed by atoms with Crippen LogP contribution in [0.5, 0.6) is 0 Å². The average molecular weight is 200 g/mol. The quantitative estimate of drug-likeness (QED) is 0.750. The van der Waals surface area contributed by atoms with Crippen molar-refractivity contribution in [3.8, 4) is 0 Å². The maximum atomic E-state index is 4.18. The van der Waals surface area contributed by atoms with E-state index in [1.165, 1.54) is 30.5 Å². The van der Waals surface area contributed by atoms with E-state index in [2.05, 4.69) is 22.4 Å². The summed E-state index contributed by atoms with van der Waals surface area (Å²) in [5.41, 5.74) is 4.38. The van der Waals surface area contributed by atoms with E-state index in [9.17, 15) is 0 Å². The second-order valence-corrected chi connectivity index (χ2v) is 4.51. The number of rotatable bonds is 1. The second-order valence-electron chi connectivity index (χ2n) is 4.51. The highest BCUT2D eigenvalue weighted by Crippen LogP contribution is 2.31. The number of aromatic nitrogens is 1. The number of piperidine rings is 1. The molecule has 1 aromatic rings. The van der Waals surface area contributed by atoms with Gasteiger partial charge in [0.2, 0.25) is 0 Å². The molecule has 1 saturated heterocycles. The molecule has 1 fully saturated rings. The third kappa shape index (κ3) is 1.70. The normalized spacial score (nSPS) is 24.8. The van der Waals surface area contributed by atoms with E-state index in [1.807, 2.05) is 12.4 Å². The molecule has 0 radical (unpaired) electrons. The highest BCUT2D eigenvalue weighted by atomic mass is 14.9. The van der Waals surface area contributed by atoms with Crippen molar-refractivity contribution in [2.75, 3.05) is 13.1 Å². The van der Waals surface area contributed by atoms with E-state index >= 15 is 0 Å². The van der Waals surface area contributed by atoms with Gasteiger partial charge in [0, 0.05) is 18.9 Å². The molecule has 2 nitrogen and oxygen atoms in total. The van der Waals surface area contributed by atoms with Crippen LogP contribution < -0.4 is 5.32 Å². The molecule has 3 rings (SSSR count). The van der Waals surface area contributed by atoms with Gasteiger partial charge in [0.1, 0.15) is 0 Å². The van der Waals surface area contributed by atoms with Gasteiger partial charge in [0.25, 0.3) is 0 Å². The van der Waals surface area contributed by atoms with Gasteiger partial charge < -0.3 is 5.32 Å². The molecule has 0 bridgehead atoms. The fourth-order valence-corrected chi connectivity index (χ4v) is 2.63. The highest BCUT2D eigenvalue weighted by molar-refractivity contribution is 5.63. The van der Waals surface area contributed by atoms with Gasteiger partial charge >= 0.3 is 0 Å². The Morgan fingerprint density at radius 3 is 3.20 bits per heavy atom. The zero-order valence-electron chi connectivity index (χ0n) is 8.87. The smallest absolute Gasteiger partial charge is 0.0343 e. The molecule has 0 spiro atoms. The van der Waals surface area contributed by atoms with E-state index < -0.39 is 0 Å². The predicted octanol–water partition coefficient (Wildman–Crippen LogP) is 2.02. The molecule has 1 N–H and O–H groups in total. The molecule has 0 aromatic carbocycles. The fraction of sp³-hybridized carbons (Fsp3) is 0.462. The molecule has 1 aliphatic heterocycles. The largest absolute Gasteiger partial charge is 0.316 e. The molecule has 1 aromatic heterocycles. The Labute approximate surface area is 90.4 Å². The van der Waals surface area contributed by atoms with Crippen molar-refractivity contribution in [2.24, 2.45) is 5.92 Å². The Balaban J connectivity index is 1.81. The van der Waals surface area contributed by atoms with Crippen LogP contribution in [-0.2, 0) is 6.42 Å². The molecular formula is C13H16N2. The van der Waals surface area contributed by atoms with Crippen LogP contribution in [0.1, 0.15) is 24.0 Å². The number of nitrogens with one attached hydrogen (secondary N) is 1. The van der Waals surface area contributed by atoms with Crippen LogP contribution in [-0.4, -0.2) is 18.1 Å². The molecule has 2 aliphatic rings. The molecule has 0 saturated carbocycles. The summed E-state index contributed by atoms with van der Waals surface area (Å²) in [7, 11) is 0. The van der Waals surface area contributed by atoms with Crippen LogP contribution in [0.25, 0.3) is 6.08 Å². The first-order chi connectivity index (χ1) is 7.43. The molecular weight excluding hydrogens is 184 g/mol. The lowest BCUT2D eigenvalue weighted by Gasteiger charge is -2.23. The highest BCUT2D eigenvalue weighted by Gasteiger charge is 2.21. The molecule has 1 aliphatic carbocycles. The molecule has 2 heterocycles. The Bertz CT molecular complexity index is 389. The first-order valence-corrected chi connectivity index (χ1v) is 5.77. The maximum Gasteiger partial charge on any atom is 0.0343 e. The van der Waals surface area contributed by atoms with Crippen LogP contribution in [0.15, 0.2) is 24.0 Å². The lowest BCUT2D eigenvalue weighted by Crippen LogP contribution is -2.30. The first-order valence-electron chi connectivity index (χ1n) is 5.77. The summed E-state index contributed by atoms with van der Waals surface area (Å²) in [6.45, 7) is 2.35. The molecule has 1 unspecified atom stereocenters. The zero-order valence-corrected chi connectivity index (χ0v) is 8.87. The van der Waals surface area contributed by atoms with Crippen molar-refractivity contribution in [1.29, 1.82) is 0 Å². The van der Waals surface area contributed by atoms with Gasteiger partial charge in [-0.3, -0.25) is 4.98 Å². The minimum absolute atomic E-state index is 0.756. The molecule has 2 heteroatoms. The molecule has 78 valence electrons. The SMILES string of the molecule is C1=C(C2CCCNC2)Cc2ccncc21. The number of nitrogens with zero attached hydrogens (tertiary/aromatic N) is 1. The van der Waals surface area contributed by atoms with Gasteiger partial charge in [0.05, 0.1) is 0 Å². The van der Waals surface area contributed by atoms with Gasteiger partial charge in [-0.25, -0.2) is 0 Å². The van der Waals surface area contributed by atoms with Crippen LogP contribution in [0.2, 0.25) is 0 Å². The van der Waals surface area contributed by atoms with Crippen LogP contribution >= 0.6 is 0 Å². The van der Waals surface area contributed by atoms with Gasteiger partial charge in [0.15, 0.2) is 0 Å². The average Bonchev–Trinajstić information content (AvgIpc) is 2.74. The summed E-state index contributed by atoms with van der Waals surface area (Å²) in [5.74, 6) is 0.756. The Hall–Kier alpha value is -1.15. The van der Waals surface area contributed by atoms with Gasteiger partial charge in [-0.2, -0.15) is 0 Å². The van der Waals surface area contributed by atoms with Crippen LogP contribution in [0.3, 0.4) is 0 Å². The number of pyridine rings is 1. The van der Waals surface area contributed by atoms with Crippen molar-refractivity contribution in [1.82, 2.24) is 10.3 Å². The lowest BCUT2D eigenvalue weighted by molar-refractivity contribution is 0.420. The molecule has 15 heavy (non-hydrogen) atoms. The van der Waals surface area contributed by atoms with E-state index in [0.29, 0.717) is 0 Å². The summed E-state index contributed by atoms with van der Waals surface area (Å²) in [6, 6.07) is 2.15. The van der Waals surface area contributed by atoms with Gasteiger partial charge in [-0.15, -0.1) is 0 Å². The number of hydrogen-bond donors (Lipinski definition) is 1.